The highest BCUT2D eigenvalue weighted by molar-refractivity contribution is 14.0. The van der Waals surface area contributed by atoms with Crippen LogP contribution in [-0.4, -0.2) is 41.8 Å². The molecule has 2 aromatic rings. The van der Waals surface area contributed by atoms with Gasteiger partial charge in [0.1, 0.15) is 0 Å². The average Bonchev–Trinajstić information content (AvgIpc) is 3.04. The predicted octanol–water partition coefficient (Wildman–Crippen LogP) is 1.70. The molecular weight excluding hydrogens is 443 g/mol. The molecule has 7 nitrogen and oxygen atoms in total. The molecule has 0 spiro atoms. The summed E-state index contributed by atoms with van der Waals surface area (Å²) in [6.07, 6.45) is 2.58. The average molecular weight is 470 g/mol. The minimum absolute atomic E-state index is 0. The zero-order valence-corrected chi connectivity index (χ0v) is 17.8. The number of hydrogen-bond acceptors (Lipinski definition) is 3. The van der Waals surface area contributed by atoms with Crippen LogP contribution >= 0.6 is 24.0 Å². The molecule has 142 valence electrons. The first-order chi connectivity index (χ1) is 12.1. The number of amides is 1. The van der Waals surface area contributed by atoms with E-state index < -0.39 is 0 Å². The van der Waals surface area contributed by atoms with E-state index in [9.17, 15) is 4.79 Å². The van der Waals surface area contributed by atoms with Crippen LogP contribution in [-0.2, 0) is 20.0 Å². The van der Waals surface area contributed by atoms with Crippen molar-refractivity contribution in [2.75, 3.05) is 20.1 Å². The fourth-order valence-electron chi connectivity index (χ4n) is 2.40. The molecule has 0 unspecified atom stereocenters. The standard InChI is InChI=1S/C18H26N6O.HI/c1-4-20-18(22-13-16-9-11-23-24(16)3)21-10-8-14-6-5-7-15(12-14)17(25)19-2;/h5-7,9,11-12H,4,8,10,13H2,1-3H3,(H,19,25)(H2,20,21,22);1H. The first kappa shape index (κ1) is 21.9. The van der Waals surface area contributed by atoms with Gasteiger partial charge in [0.2, 0.25) is 0 Å². The Morgan fingerprint density at radius 2 is 2.08 bits per heavy atom. The number of carbonyl (C=O) groups excluding carboxylic acids is 1. The van der Waals surface area contributed by atoms with Crippen LogP contribution in [0.5, 0.6) is 0 Å². The van der Waals surface area contributed by atoms with Crippen LogP contribution in [0.1, 0.15) is 28.5 Å². The van der Waals surface area contributed by atoms with E-state index in [-0.39, 0.29) is 29.9 Å². The zero-order chi connectivity index (χ0) is 18.1. The molecule has 0 saturated heterocycles. The van der Waals surface area contributed by atoms with Gasteiger partial charge in [-0.05, 0) is 37.1 Å². The van der Waals surface area contributed by atoms with Gasteiger partial charge in [-0.15, -0.1) is 24.0 Å². The van der Waals surface area contributed by atoms with Crippen LogP contribution in [0.2, 0.25) is 0 Å². The maximum Gasteiger partial charge on any atom is 0.251 e. The van der Waals surface area contributed by atoms with E-state index in [0.29, 0.717) is 12.1 Å². The summed E-state index contributed by atoms with van der Waals surface area (Å²) in [6.45, 7) is 4.13. The monoisotopic (exact) mass is 470 g/mol. The second kappa shape index (κ2) is 11.5. The Balaban J connectivity index is 0.00000338. The number of hydrogen-bond donors (Lipinski definition) is 3. The van der Waals surface area contributed by atoms with E-state index in [1.165, 1.54) is 0 Å². The maximum absolute atomic E-state index is 11.7. The van der Waals surface area contributed by atoms with Crippen LogP contribution in [0.15, 0.2) is 41.5 Å². The lowest BCUT2D eigenvalue weighted by atomic mass is 10.1. The van der Waals surface area contributed by atoms with Crippen molar-refractivity contribution in [1.29, 1.82) is 0 Å². The molecule has 3 N–H and O–H groups in total. The fourth-order valence-corrected chi connectivity index (χ4v) is 2.40. The lowest BCUT2D eigenvalue weighted by Crippen LogP contribution is -2.38. The Labute approximate surface area is 171 Å². The third-order valence-electron chi connectivity index (χ3n) is 3.79. The van der Waals surface area contributed by atoms with Crippen LogP contribution in [0, 0.1) is 0 Å². The van der Waals surface area contributed by atoms with Crippen molar-refractivity contribution in [1.82, 2.24) is 25.7 Å². The van der Waals surface area contributed by atoms with Gasteiger partial charge >= 0.3 is 0 Å². The molecule has 1 heterocycles. The third kappa shape index (κ3) is 6.66. The van der Waals surface area contributed by atoms with Gasteiger partial charge in [0.15, 0.2) is 5.96 Å². The molecule has 0 aliphatic carbocycles. The summed E-state index contributed by atoms with van der Waals surface area (Å²) in [5.74, 6) is 0.701. The number of aryl methyl sites for hydroxylation is 1. The fraction of sp³-hybridized carbons (Fsp3) is 0.389. The molecule has 0 saturated carbocycles. The molecule has 0 atom stereocenters. The molecule has 2 rings (SSSR count). The highest BCUT2D eigenvalue weighted by atomic mass is 127. The second-order valence-corrected chi connectivity index (χ2v) is 5.60. The molecule has 1 amide bonds. The molecule has 26 heavy (non-hydrogen) atoms. The summed E-state index contributed by atoms with van der Waals surface area (Å²) in [6, 6.07) is 9.61. The Morgan fingerprint density at radius 3 is 2.73 bits per heavy atom. The Kier molecular flexibility index (Phi) is 9.71. The molecule has 0 aliphatic heterocycles. The van der Waals surface area contributed by atoms with E-state index >= 15 is 0 Å². The summed E-state index contributed by atoms with van der Waals surface area (Å²) in [5, 5.41) is 13.3. The Bertz CT molecular complexity index is 728. The third-order valence-corrected chi connectivity index (χ3v) is 3.79. The van der Waals surface area contributed by atoms with Gasteiger partial charge in [0.05, 0.1) is 12.2 Å². The largest absolute Gasteiger partial charge is 0.357 e. The molecule has 1 aromatic carbocycles. The first-order valence-corrected chi connectivity index (χ1v) is 8.44. The number of nitrogens with one attached hydrogen (secondary N) is 3. The lowest BCUT2D eigenvalue weighted by molar-refractivity contribution is 0.0963. The van der Waals surface area contributed by atoms with Gasteiger partial charge in [0, 0.05) is 38.9 Å². The smallest absolute Gasteiger partial charge is 0.251 e. The summed E-state index contributed by atoms with van der Waals surface area (Å²) >= 11 is 0. The SMILES string of the molecule is CCNC(=NCc1ccnn1C)NCCc1cccc(C(=O)NC)c1.I. The topological polar surface area (TPSA) is 83.3 Å². The van der Waals surface area contributed by atoms with Gasteiger partial charge in [-0.1, -0.05) is 12.1 Å². The van der Waals surface area contributed by atoms with E-state index in [4.69, 9.17) is 0 Å². The Morgan fingerprint density at radius 1 is 1.27 bits per heavy atom. The van der Waals surface area contributed by atoms with Crippen molar-refractivity contribution < 1.29 is 4.79 Å². The number of benzene rings is 1. The molecule has 0 bridgehead atoms. The molecule has 8 heteroatoms. The van der Waals surface area contributed by atoms with Crippen molar-refractivity contribution in [2.24, 2.45) is 12.0 Å². The minimum atomic E-state index is -0.0686. The second-order valence-electron chi connectivity index (χ2n) is 5.60. The van der Waals surface area contributed by atoms with Crippen LogP contribution in [0.3, 0.4) is 0 Å². The van der Waals surface area contributed by atoms with Crippen molar-refractivity contribution >= 4 is 35.8 Å². The predicted molar refractivity (Wildman–Crippen MR) is 115 cm³/mol. The number of nitrogens with zero attached hydrogens (tertiary/aromatic N) is 3. The molecule has 0 radical (unpaired) electrons. The van der Waals surface area contributed by atoms with E-state index in [2.05, 4.69) is 26.0 Å². The summed E-state index contributed by atoms with van der Waals surface area (Å²) in [4.78, 5) is 16.3. The summed E-state index contributed by atoms with van der Waals surface area (Å²) < 4.78 is 1.82. The number of aromatic nitrogens is 2. The van der Waals surface area contributed by atoms with E-state index in [1.54, 1.807) is 13.2 Å². The number of guanidine groups is 1. The highest BCUT2D eigenvalue weighted by Gasteiger charge is 2.04. The summed E-state index contributed by atoms with van der Waals surface area (Å²) in [7, 11) is 3.54. The molecular formula is C18H27IN6O. The quantitative estimate of drug-likeness (QED) is 0.327. The maximum atomic E-state index is 11.7. The van der Waals surface area contributed by atoms with Gasteiger partial charge < -0.3 is 16.0 Å². The van der Waals surface area contributed by atoms with Gasteiger partial charge in [-0.2, -0.15) is 5.10 Å². The van der Waals surface area contributed by atoms with Crippen LogP contribution in [0.4, 0.5) is 0 Å². The molecule has 1 aromatic heterocycles. The van der Waals surface area contributed by atoms with Crippen molar-refractivity contribution in [3.05, 3.63) is 53.3 Å². The minimum Gasteiger partial charge on any atom is -0.357 e. The van der Waals surface area contributed by atoms with Crippen LogP contribution in [0.25, 0.3) is 0 Å². The number of rotatable bonds is 7. The molecule has 0 aliphatic rings. The number of halogens is 1. The Hall–Kier alpha value is -2.10. The van der Waals surface area contributed by atoms with Gasteiger partial charge in [-0.3, -0.25) is 9.48 Å². The number of carbonyl (C=O) groups is 1. The lowest BCUT2D eigenvalue weighted by Gasteiger charge is -2.11. The van der Waals surface area contributed by atoms with E-state index in [1.807, 2.05) is 49.0 Å². The highest BCUT2D eigenvalue weighted by Crippen LogP contribution is 2.05. The van der Waals surface area contributed by atoms with Crippen molar-refractivity contribution in [3.8, 4) is 0 Å². The number of aliphatic imine (C=N–C) groups is 1. The van der Waals surface area contributed by atoms with E-state index in [0.717, 1.165) is 36.7 Å². The van der Waals surface area contributed by atoms with Crippen LogP contribution < -0.4 is 16.0 Å². The first-order valence-electron chi connectivity index (χ1n) is 8.44. The van der Waals surface area contributed by atoms with Gasteiger partial charge in [-0.25, -0.2) is 4.99 Å². The normalized spacial score (nSPS) is 10.8. The van der Waals surface area contributed by atoms with Gasteiger partial charge in [0.25, 0.3) is 5.91 Å². The zero-order valence-electron chi connectivity index (χ0n) is 15.5. The molecule has 0 fully saturated rings. The summed E-state index contributed by atoms with van der Waals surface area (Å²) in [5.41, 5.74) is 2.84. The van der Waals surface area contributed by atoms with Crippen molar-refractivity contribution in [3.63, 3.8) is 0 Å². The van der Waals surface area contributed by atoms with Crippen molar-refractivity contribution in [2.45, 2.75) is 19.9 Å².